The topological polar surface area (TPSA) is 78.9 Å². The summed E-state index contributed by atoms with van der Waals surface area (Å²) in [6, 6.07) is 38.9. The van der Waals surface area contributed by atoms with Crippen molar-refractivity contribution in [2.24, 2.45) is 5.92 Å². The van der Waals surface area contributed by atoms with Crippen LogP contribution >= 0.6 is 0 Å². The maximum Gasteiger partial charge on any atom is 0.335 e. The maximum absolute atomic E-state index is 13.7. The van der Waals surface area contributed by atoms with Gasteiger partial charge < -0.3 is 20.1 Å². The van der Waals surface area contributed by atoms with Gasteiger partial charge in [0, 0.05) is 37.2 Å². The Labute approximate surface area is 251 Å². The fourth-order valence-electron chi connectivity index (χ4n) is 6.04. The molecule has 0 saturated carbocycles. The van der Waals surface area contributed by atoms with Gasteiger partial charge in [-0.1, -0.05) is 72.8 Å². The SMILES string of the molecule is C[C@@H](NC[C@H]1CN(C(=O)c2ccc(Oc3ccc(C(=O)O)cc3)cc2)C[C@@H]1c1ccccc1)c1cccc2ccccc12. The number of amides is 1. The highest BCUT2D eigenvalue weighted by atomic mass is 16.5. The summed E-state index contributed by atoms with van der Waals surface area (Å²) in [5.41, 5.74) is 3.34. The second kappa shape index (κ2) is 12.5. The minimum Gasteiger partial charge on any atom is -0.478 e. The van der Waals surface area contributed by atoms with Crippen LogP contribution in [0.3, 0.4) is 0 Å². The first kappa shape index (κ1) is 28.2. The molecule has 5 aromatic carbocycles. The monoisotopic (exact) mass is 570 g/mol. The lowest BCUT2D eigenvalue weighted by Crippen LogP contribution is -2.32. The van der Waals surface area contributed by atoms with Gasteiger partial charge in [0.2, 0.25) is 0 Å². The molecule has 2 N–H and O–H groups in total. The summed E-state index contributed by atoms with van der Waals surface area (Å²) >= 11 is 0. The van der Waals surface area contributed by atoms with Gasteiger partial charge in [0.25, 0.3) is 5.91 Å². The zero-order valence-electron chi connectivity index (χ0n) is 24.0. The molecule has 1 aliphatic rings. The summed E-state index contributed by atoms with van der Waals surface area (Å²) in [5.74, 6) is 0.620. The van der Waals surface area contributed by atoms with E-state index in [0.717, 1.165) is 6.54 Å². The summed E-state index contributed by atoms with van der Waals surface area (Å²) in [7, 11) is 0. The molecule has 43 heavy (non-hydrogen) atoms. The molecule has 3 atom stereocenters. The molecule has 1 heterocycles. The molecule has 1 aliphatic heterocycles. The number of hydrogen-bond acceptors (Lipinski definition) is 4. The zero-order valence-corrected chi connectivity index (χ0v) is 24.0. The largest absolute Gasteiger partial charge is 0.478 e. The molecular weight excluding hydrogens is 536 g/mol. The van der Waals surface area contributed by atoms with E-state index in [-0.39, 0.29) is 29.3 Å². The van der Waals surface area contributed by atoms with E-state index in [9.17, 15) is 9.59 Å². The van der Waals surface area contributed by atoms with Crippen LogP contribution in [0.4, 0.5) is 0 Å². The van der Waals surface area contributed by atoms with Gasteiger partial charge in [-0.05, 0) is 83.3 Å². The number of carbonyl (C=O) groups excluding carboxylic acids is 1. The van der Waals surface area contributed by atoms with Crippen molar-refractivity contribution in [3.8, 4) is 11.5 Å². The Morgan fingerprint density at radius 1 is 0.791 bits per heavy atom. The van der Waals surface area contributed by atoms with E-state index >= 15 is 0 Å². The van der Waals surface area contributed by atoms with E-state index in [0.29, 0.717) is 30.2 Å². The first-order chi connectivity index (χ1) is 21.0. The Morgan fingerprint density at radius 2 is 1.42 bits per heavy atom. The number of ether oxygens (including phenoxy) is 1. The van der Waals surface area contributed by atoms with Crippen LogP contribution in [0.1, 0.15) is 50.7 Å². The number of benzene rings is 5. The van der Waals surface area contributed by atoms with Crippen molar-refractivity contribution in [3.05, 3.63) is 144 Å². The summed E-state index contributed by atoms with van der Waals surface area (Å²) in [5, 5.41) is 15.4. The van der Waals surface area contributed by atoms with Crippen LogP contribution in [0.25, 0.3) is 10.8 Å². The minimum absolute atomic E-state index is 0.00268. The molecule has 6 nitrogen and oxygen atoms in total. The van der Waals surface area contributed by atoms with Crippen molar-refractivity contribution in [3.63, 3.8) is 0 Å². The van der Waals surface area contributed by atoms with Gasteiger partial charge in [0.05, 0.1) is 5.56 Å². The van der Waals surface area contributed by atoms with Crippen molar-refractivity contribution >= 4 is 22.6 Å². The highest BCUT2D eigenvalue weighted by molar-refractivity contribution is 5.94. The smallest absolute Gasteiger partial charge is 0.335 e. The van der Waals surface area contributed by atoms with Crippen molar-refractivity contribution in [1.82, 2.24) is 10.2 Å². The van der Waals surface area contributed by atoms with Crippen LogP contribution in [0.2, 0.25) is 0 Å². The van der Waals surface area contributed by atoms with Gasteiger partial charge in [-0.3, -0.25) is 4.79 Å². The lowest BCUT2D eigenvalue weighted by Gasteiger charge is -2.23. The van der Waals surface area contributed by atoms with E-state index in [1.54, 1.807) is 36.4 Å². The number of carboxylic acid groups (broad SMARTS) is 1. The van der Waals surface area contributed by atoms with Crippen LogP contribution in [0.5, 0.6) is 11.5 Å². The third-order valence-electron chi connectivity index (χ3n) is 8.37. The molecule has 0 aromatic heterocycles. The standard InChI is InChI=1S/C37H34N2O4/c1-25(33-13-7-11-26-10-5-6-12-34(26)33)38-22-30-23-39(24-35(30)27-8-3-2-4-9-27)36(40)28-14-18-31(19-15-28)43-32-20-16-29(17-21-32)37(41)42/h2-21,25,30,35,38H,22-24H2,1H3,(H,41,42)/t25-,30+,35-/m1/s1. The van der Waals surface area contributed by atoms with Gasteiger partial charge in [0.15, 0.2) is 0 Å². The Morgan fingerprint density at radius 3 is 2.12 bits per heavy atom. The van der Waals surface area contributed by atoms with Crippen molar-refractivity contribution < 1.29 is 19.4 Å². The third-order valence-corrected chi connectivity index (χ3v) is 8.37. The van der Waals surface area contributed by atoms with Crippen LogP contribution in [0.15, 0.2) is 121 Å². The Bertz CT molecular complexity index is 1710. The number of carboxylic acids is 1. The molecule has 5 aromatic rings. The van der Waals surface area contributed by atoms with Crippen molar-refractivity contribution in [2.75, 3.05) is 19.6 Å². The zero-order chi connectivity index (χ0) is 29.8. The molecule has 216 valence electrons. The third kappa shape index (κ3) is 6.30. The lowest BCUT2D eigenvalue weighted by atomic mass is 9.88. The Hall–Kier alpha value is -4.94. The Kier molecular flexibility index (Phi) is 8.20. The average molecular weight is 571 g/mol. The summed E-state index contributed by atoms with van der Waals surface area (Å²) < 4.78 is 5.86. The van der Waals surface area contributed by atoms with E-state index in [1.807, 2.05) is 11.0 Å². The molecule has 1 saturated heterocycles. The van der Waals surface area contributed by atoms with Gasteiger partial charge in [-0.25, -0.2) is 4.79 Å². The Balaban J connectivity index is 1.14. The molecule has 0 radical (unpaired) electrons. The fraction of sp³-hybridized carbons (Fsp3) is 0.189. The predicted octanol–water partition coefficient (Wildman–Crippen LogP) is 7.54. The van der Waals surface area contributed by atoms with Crippen LogP contribution in [-0.4, -0.2) is 41.5 Å². The van der Waals surface area contributed by atoms with Crippen LogP contribution < -0.4 is 10.1 Å². The number of carbonyl (C=O) groups is 2. The van der Waals surface area contributed by atoms with E-state index in [1.165, 1.54) is 34.0 Å². The van der Waals surface area contributed by atoms with Crippen LogP contribution in [-0.2, 0) is 0 Å². The molecule has 1 fully saturated rings. The van der Waals surface area contributed by atoms with E-state index in [4.69, 9.17) is 9.84 Å². The number of nitrogens with zero attached hydrogens (tertiary/aromatic N) is 1. The van der Waals surface area contributed by atoms with Crippen LogP contribution in [0, 0.1) is 5.92 Å². The number of nitrogens with one attached hydrogen (secondary N) is 1. The minimum atomic E-state index is -0.983. The molecule has 1 amide bonds. The molecular formula is C37H34N2O4. The molecule has 6 rings (SSSR count). The van der Waals surface area contributed by atoms with Gasteiger partial charge in [-0.15, -0.1) is 0 Å². The number of rotatable bonds is 9. The van der Waals surface area contributed by atoms with E-state index in [2.05, 4.69) is 79.0 Å². The molecule has 0 bridgehead atoms. The number of fused-ring (bicyclic) bond motifs is 1. The molecule has 0 unspecified atom stereocenters. The highest BCUT2D eigenvalue weighted by Gasteiger charge is 2.36. The average Bonchev–Trinajstić information content (AvgIpc) is 3.48. The summed E-state index contributed by atoms with van der Waals surface area (Å²) in [4.78, 5) is 26.7. The lowest BCUT2D eigenvalue weighted by molar-refractivity contribution is 0.0696. The molecule has 0 aliphatic carbocycles. The second-order valence-corrected chi connectivity index (χ2v) is 11.1. The van der Waals surface area contributed by atoms with Crippen molar-refractivity contribution in [2.45, 2.75) is 18.9 Å². The fourth-order valence-corrected chi connectivity index (χ4v) is 6.04. The maximum atomic E-state index is 13.7. The predicted molar refractivity (Wildman–Crippen MR) is 169 cm³/mol. The van der Waals surface area contributed by atoms with Gasteiger partial charge in [0.1, 0.15) is 11.5 Å². The van der Waals surface area contributed by atoms with Gasteiger partial charge >= 0.3 is 5.97 Å². The van der Waals surface area contributed by atoms with Gasteiger partial charge in [-0.2, -0.15) is 0 Å². The van der Waals surface area contributed by atoms with Crippen molar-refractivity contribution in [1.29, 1.82) is 0 Å². The quantitative estimate of drug-likeness (QED) is 0.191. The summed E-state index contributed by atoms with van der Waals surface area (Å²) in [6.07, 6.45) is 0. The highest BCUT2D eigenvalue weighted by Crippen LogP contribution is 2.34. The van der Waals surface area contributed by atoms with E-state index < -0.39 is 5.97 Å². The summed E-state index contributed by atoms with van der Waals surface area (Å²) in [6.45, 7) is 4.33. The first-order valence-corrected chi connectivity index (χ1v) is 14.6. The molecule has 6 heteroatoms. The second-order valence-electron chi connectivity index (χ2n) is 11.1. The molecule has 0 spiro atoms. The first-order valence-electron chi connectivity index (χ1n) is 14.6. The number of hydrogen-bond donors (Lipinski definition) is 2. The normalized spacial score (nSPS) is 17.1. The number of aromatic carboxylic acids is 1. The number of likely N-dealkylation sites (tertiary alicyclic amines) is 1.